The third-order valence-electron chi connectivity index (χ3n) is 11.2. The van der Waals surface area contributed by atoms with E-state index >= 15 is 0 Å². The first-order chi connectivity index (χ1) is 33.5. The highest BCUT2D eigenvalue weighted by Crippen LogP contribution is 2.13. The number of hydrogen-bond acceptors (Lipinski definition) is 6. The first-order valence-electron chi connectivity index (χ1n) is 27.5. The summed E-state index contributed by atoms with van der Waals surface area (Å²) in [6.45, 7) is 6.38. The molecule has 0 aromatic rings. The van der Waals surface area contributed by atoms with Gasteiger partial charge in [0.25, 0.3) is 0 Å². The van der Waals surface area contributed by atoms with E-state index in [1.165, 1.54) is 70.6 Å². The molecule has 0 aliphatic heterocycles. The molecule has 1 atom stereocenters. The lowest BCUT2D eigenvalue weighted by Crippen LogP contribution is -2.30. The molecule has 0 unspecified atom stereocenters. The van der Waals surface area contributed by atoms with Crippen molar-refractivity contribution in [2.24, 2.45) is 0 Å². The molecule has 68 heavy (non-hydrogen) atoms. The molecule has 0 saturated heterocycles. The van der Waals surface area contributed by atoms with Gasteiger partial charge in [0.2, 0.25) is 0 Å². The summed E-state index contributed by atoms with van der Waals surface area (Å²) in [4.78, 5) is 38.0. The zero-order valence-electron chi connectivity index (χ0n) is 43.8. The summed E-state index contributed by atoms with van der Waals surface area (Å²) in [6.07, 6.45) is 76.2. The lowest BCUT2D eigenvalue weighted by Gasteiger charge is -2.18. The Morgan fingerprint density at radius 1 is 0.309 bits per heavy atom. The topological polar surface area (TPSA) is 78.9 Å². The molecule has 0 saturated carbocycles. The van der Waals surface area contributed by atoms with Gasteiger partial charge >= 0.3 is 17.9 Å². The highest BCUT2D eigenvalue weighted by molar-refractivity contribution is 5.71. The van der Waals surface area contributed by atoms with Gasteiger partial charge in [-0.1, -0.05) is 213 Å². The number of esters is 3. The maximum Gasteiger partial charge on any atom is 0.306 e. The van der Waals surface area contributed by atoms with E-state index in [1.54, 1.807) is 0 Å². The first-order valence-corrected chi connectivity index (χ1v) is 27.5. The van der Waals surface area contributed by atoms with Crippen LogP contribution in [0.15, 0.2) is 122 Å². The van der Waals surface area contributed by atoms with Crippen molar-refractivity contribution in [3.8, 4) is 0 Å². The fourth-order valence-corrected chi connectivity index (χ4v) is 7.06. The number of unbranched alkanes of at least 4 members (excludes halogenated alkanes) is 17. The highest BCUT2D eigenvalue weighted by atomic mass is 16.6. The Morgan fingerprint density at radius 2 is 0.603 bits per heavy atom. The average molecular weight is 941 g/mol. The molecule has 0 aliphatic rings. The minimum absolute atomic E-state index is 0.114. The Morgan fingerprint density at radius 3 is 1.00 bits per heavy atom. The van der Waals surface area contributed by atoms with Gasteiger partial charge in [-0.2, -0.15) is 0 Å². The van der Waals surface area contributed by atoms with Crippen LogP contribution in [0.1, 0.15) is 233 Å². The van der Waals surface area contributed by atoms with Gasteiger partial charge in [-0.05, 0) is 122 Å². The van der Waals surface area contributed by atoms with Crippen LogP contribution in [0.3, 0.4) is 0 Å². The number of allylic oxidation sites excluding steroid dienone is 20. The van der Waals surface area contributed by atoms with Gasteiger partial charge < -0.3 is 14.2 Å². The molecule has 6 nitrogen and oxygen atoms in total. The molecule has 0 bridgehead atoms. The van der Waals surface area contributed by atoms with Crippen LogP contribution in [0, 0.1) is 0 Å². The molecule has 0 spiro atoms. The van der Waals surface area contributed by atoms with Crippen LogP contribution in [0.25, 0.3) is 0 Å². The van der Waals surface area contributed by atoms with Gasteiger partial charge in [-0.3, -0.25) is 14.4 Å². The molecular weight excluding hydrogens is 841 g/mol. The largest absolute Gasteiger partial charge is 0.462 e. The summed E-state index contributed by atoms with van der Waals surface area (Å²) in [5, 5.41) is 0. The summed E-state index contributed by atoms with van der Waals surface area (Å²) in [7, 11) is 0. The maximum atomic E-state index is 12.8. The Kier molecular flexibility index (Phi) is 52.0. The van der Waals surface area contributed by atoms with Crippen molar-refractivity contribution in [1.29, 1.82) is 0 Å². The molecule has 0 amide bonds. The minimum Gasteiger partial charge on any atom is -0.462 e. The van der Waals surface area contributed by atoms with Crippen molar-refractivity contribution in [2.75, 3.05) is 13.2 Å². The Bertz CT molecular complexity index is 1450. The minimum atomic E-state index is -0.822. The zero-order valence-corrected chi connectivity index (χ0v) is 43.8. The zero-order chi connectivity index (χ0) is 49.3. The van der Waals surface area contributed by atoms with Gasteiger partial charge in [-0.15, -0.1) is 0 Å². The van der Waals surface area contributed by atoms with Crippen LogP contribution in [0.2, 0.25) is 0 Å². The van der Waals surface area contributed by atoms with Crippen molar-refractivity contribution in [2.45, 2.75) is 239 Å². The lowest BCUT2D eigenvalue weighted by molar-refractivity contribution is -0.166. The number of ether oxygens (including phenoxy) is 3. The van der Waals surface area contributed by atoms with Crippen LogP contribution < -0.4 is 0 Å². The summed E-state index contributed by atoms with van der Waals surface area (Å²) in [5.74, 6) is -1.03. The number of rotatable bonds is 48. The quantitative estimate of drug-likeness (QED) is 0.0262. The smallest absolute Gasteiger partial charge is 0.306 e. The standard InChI is InChI=1S/C62H100O6/c1-4-7-10-13-16-19-22-25-27-29-31-33-35-37-40-43-46-49-52-55-61(64)67-58-59(57-66-60(63)54-51-48-45-42-39-24-21-18-15-12-9-6-3)68-62(65)56-53-50-47-44-41-38-36-34-32-30-28-26-23-20-17-14-11-8-5-2/h7,10,16-21,25-28,31-34,37,40,46,49,59H,4-6,8-9,11-15,22-24,29-30,35-36,38-39,41-45,47-48,50-58H2,1-3H3/b10-7-,19-16-,20-17-,21-18-,27-25-,28-26-,33-31-,34-32-,40-37-,49-46-/t59-/m1/s1. The van der Waals surface area contributed by atoms with Crippen LogP contribution in [0.4, 0.5) is 0 Å². The molecular formula is C62H100O6. The van der Waals surface area contributed by atoms with E-state index in [9.17, 15) is 14.4 Å². The molecule has 384 valence electrons. The molecule has 0 heterocycles. The second-order valence-corrected chi connectivity index (χ2v) is 17.7. The van der Waals surface area contributed by atoms with Crippen LogP contribution in [-0.2, 0) is 28.6 Å². The third kappa shape index (κ3) is 52.8. The van der Waals surface area contributed by atoms with Gasteiger partial charge in [0.05, 0.1) is 0 Å². The number of hydrogen-bond donors (Lipinski definition) is 0. The van der Waals surface area contributed by atoms with Gasteiger partial charge in [0.15, 0.2) is 6.10 Å². The van der Waals surface area contributed by atoms with E-state index in [0.717, 1.165) is 116 Å². The molecule has 0 aromatic heterocycles. The van der Waals surface area contributed by atoms with E-state index in [0.29, 0.717) is 19.3 Å². The van der Waals surface area contributed by atoms with Crippen molar-refractivity contribution in [3.05, 3.63) is 122 Å². The average Bonchev–Trinajstić information content (AvgIpc) is 3.34. The maximum absolute atomic E-state index is 12.8. The van der Waals surface area contributed by atoms with Crippen LogP contribution >= 0.6 is 0 Å². The molecule has 0 rings (SSSR count). The molecule has 0 fully saturated rings. The summed E-state index contributed by atoms with van der Waals surface area (Å²) in [6, 6.07) is 0. The van der Waals surface area contributed by atoms with Gasteiger partial charge in [0, 0.05) is 19.3 Å². The third-order valence-corrected chi connectivity index (χ3v) is 11.2. The Hall–Kier alpha value is -4.19. The van der Waals surface area contributed by atoms with Crippen molar-refractivity contribution < 1.29 is 28.6 Å². The SMILES string of the molecule is CC/C=C\C/C=C\C/C=C\C/C=C\C/C=C\C/C=C\CCC(=O)OC[C@@H](COC(=O)CCCCCCC/C=C\CCCCC)OC(=O)CCCCCCCC/C=C\C/C=C\C/C=C\CCCCC. The normalized spacial score (nSPS) is 13.0. The van der Waals surface area contributed by atoms with E-state index in [2.05, 4.69) is 130 Å². The molecule has 0 N–H and O–H groups in total. The highest BCUT2D eigenvalue weighted by Gasteiger charge is 2.19. The summed E-state index contributed by atoms with van der Waals surface area (Å²) < 4.78 is 16.7. The van der Waals surface area contributed by atoms with Crippen molar-refractivity contribution in [1.82, 2.24) is 0 Å². The molecule has 6 heteroatoms. The van der Waals surface area contributed by atoms with Gasteiger partial charge in [0.1, 0.15) is 13.2 Å². The van der Waals surface area contributed by atoms with E-state index in [4.69, 9.17) is 14.2 Å². The predicted octanol–water partition coefficient (Wildman–Crippen LogP) is 18.5. The van der Waals surface area contributed by atoms with Crippen LogP contribution in [-0.4, -0.2) is 37.2 Å². The second-order valence-electron chi connectivity index (χ2n) is 17.7. The fraction of sp³-hybridized carbons (Fsp3) is 0.629. The fourth-order valence-electron chi connectivity index (χ4n) is 7.06. The Labute approximate surface area is 418 Å². The number of carbonyl (C=O) groups excluding carboxylic acids is 3. The molecule has 0 radical (unpaired) electrons. The van der Waals surface area contributed by atoms with Gasteiger partial charge in [-0.25, -0.2) is 0 Å². The Balaban J connectivity index is 4.53. The first kappa shape index (κ1) is 63.8. The van der Waals surface area contributed by atoms with E-state index < -0.39 is 6.10 Å². The predicted molar refractivity (Wildman–Crippen MR) is 293 cm³/mol. The van der Waals surface area contributed by atoms with E-state index in [1.807, 2.05) is 12.2 Å². The monoisotopic (exact) mass is 941 g/mol. The lowest BCUT2D eigenvalue weighted by atomic mass is 10.1. The molecule has 0 aromatic carbocycles. The van der Waals surface area contributed by atoms with Crippen LogP contribution in [0.5, 0.6) is 0 Å². The molecule has 0 aliphatic carbocycles. The second kappa shape index (κ2) is 55.4. The van der Waals surface area contributed by atoms with E-state index in [-0.39, 0.29) is 37.5 Å². The number of carbonyl (C=O) groups is 3. The van der Waals surface area contributed by atoms with Crippen molar-refractivity contribution >= 4 is 17.9 Å². The summed E-state index contributed by atoms with van der Waals surface area (Å²) >= 11 is 0. The van der Waals surface area contributed by atoms with Crippen molar-refractivity contribution in [3.63, 3.8) is 0 Å². The summed E-state index contributed by atoms with van der Waals surface area (Å²) in [5.41, 5.74) is 0.